The lowest BCUT2D eigenvalue weighted by molar-refractivity contribution is 0.0152. The number of esters is 1. The molecule has 174 valence electrons. The van der Waals surface area contributed by atoms with Gasteiger partial charge in [-0.1, -0.05) is 44.5 Å². The maximum Gasteiger partial charge on any atom is 0.345 e. The Bertz CT molecular complexity index is 1180. The fourth-order valence-electron chi connectivity index (χ4n) is 2.96. The van der Waals surface area contributed by atoms with E-state index in [0.29, 0.717) is 10.6 Å². The molecule has 0 aliphatic rings. The van der Waals surface area contributed by atoms with Crippen LogP contribution in [-0.2, 0) is 4.74 Å². The third-order valence-electron chi connectivity index (χ3n) is 4.56. The number of carbonyl (C=O) groups is 1. The molecule has 0 bridgehead atoms. The molecule has 0 spiro atoms. The van der Waals surface area contributed by atoms with E-state index in [9.17, 15) is 26.7 Å². The van der Waals surface area contributed by atoms with E-state index in [0.717, 1.165) is 0 Å². The topological polar surface area (TPSA) is 57.0 Å². The Labute approximate surface area is 190 Å². The predicted molar refractivity (Wildman–Crippen MR) is 111 cm³/mol. The van der Waals surface area contributed by atoms with Gasteiger partial charge in [-0.25, -0.2) is 36.4 Å². The molecule has 0 N–H and O–H groups in total. The average Bonchev–Trinajstić information content (AvgIpc) is 3.28. The van der Waals surface area contributed by atoms with Gasteiger partial charge < -0.3 is 4.74 Å². The maximum atomic E-state index is 14.2. The summed E-state index contributed by atoms with van der Waals surface area (Å²) in [6.07, 6.45) is 2.82. The molecule has 3 rings (SSSR count). The van der Waals surface area contributed by atoms with Gasteiger partial charge in [-0.3, -0.25) is 0 Å². The standard InChI is InChI=1S/C22H17ClF5N3O2/c1-22(2,3)20(33-21(32)14-15(24)17(26)19(28)18(27)16(14)25)13(31-10-29-9-30-31)8-11-4-6-12(23)7-5-11/h4-10,20H,1-3H3/b13-8+. The van der Waals surface area contributed by atoms with Crippen LogP contribution in [0.5, 0.6) is 0 Å². The monoisotopic (exact) mass is 485 g/mol. The Kier molecular flexibility index (Phi) is 6.87. The minimum atomic E-state index is -2.38. The van der Waals surface area contributed by atoms with Crippen LogP contribution >= 0.6 is 11.6 Å². The molecule has 1 atom stereocenters. The predicted octanol–water partition coefficient (Wildman–Crippen LogP) is 5.90. The van der Waals surface area contributed by atoms with Gasteiger partial charge >= 0.3 is 5.97 Å². The van der Waals surface area contributed by atoms with Crippen molar-refractivity contribution in [1.29, 1.82) is 0 Å². The van der Waals surface area contributed by atoms with Gasteiger partial charge in [0.05, 0.1) is 5.70 Å². The molecule has 3 aromatic rings. The highest BCUT2D eigenvalue weighted by atomic mass is 35.5. The number of halogens is 6. The summed E-state index contributed by atoms with van der Waals surface area (Å²) >= 11 is 5.91. The van der Waals surface area contributed by atoms with Gasteiger partial charge in [0.1, 0.15) is 24.3 Å². The summed E-state index contributed by atoms with van der Waals surface area (Å²) in [7, 11) is 0. The molecule has 0 saturated carbocycles. The zero-order valence-corrected chi connectivity index (χ0v) is 18.3. The molecule has 0 aliphatic heterocycles. The van der Waals surface area contributed by atoms with Crippen molar-refractivity contribution in [3.63, 3.8) is 0 Å². The molecule has 5 nitrogen and oxygen atoms in total. The van der Waals surface area contributed by atoms with Crippen molar-refractivity contribution in [2.45, 2.75) is 26.9 Å². The number of benzene rings is 2. The van der Waals surface area contributed by atoms with E-state index in [2.05, 4.69) is 10.1 Å². The molecular formula is C22H17ClF5N3O2. The van der Waals surface area contributed by atoms with Crippen LogP contribution in [0.15, 0.2) is 36.9 Å². The summed E-state index contributed by atoms with van der Waals surface area (Å²) in [5, 5.41) is 4.49. The third kappa shape index (κ3) is 5.05. The second kappa shape index (κ2) is 9.30. The number of ether oxygens (including phenoxy) is 1. The van der Waals surface area contributed by atoms with E-state index >= 15 is 0 Å². The van der Waals surface area contributed by atoms with Gasteiger partial charge in [0.25, 0.3) is 0 Å². The Morgan fingerprint density at radius 2 is 1.55 bits per heavy atom. The van der Waals surface area contributed by atoms with E-state index in [1.807, 2.05) is 0 Å². The van der Waals surface area contributed by atoms with Crippen LogP contribution in [-0.4, -0.2) is 26.8 Å². The van der Waals surface area contributed by atoms with Gasteiger partial charge in [-0.2, -0.15) is 5.10 Å². The summed E-state index contributed by atoms with van der Waals surface area (Å²) in [5.41, 5.74) is -1.79. The van der Waals surface area contributed by atoms with Crippen LogP contribution < -0.4 is 0 Å². The lowest BCUT2D eigenvalue weighted by atomic mass is 9.86. The number of aromatic nitrogens is 3. The van der Waals surface area contributed by atoms with E-state index in [4.69, 9.17) is 16.3 Å². The summed E-state index contributed by atoms with van der Waals surface area (Å²) in [5.74, 6) is -13.2. The Balaban J connectivity index is 2.12. The first-order valence-corrected chi connectivity index (χ1v) is 9.84. The molecule has 1 aromatic heterocycles. The minimum Gasteiger partial charge on any atom is -0.452 e. The fourth-order valence-corrected chi connectivity index (χ4v) is 3.09. The molecule has 0 radical (unpaired) electrons. The normalized spacial score (nSPS) is 13.2. The first-order valence-electron chi connectivity index (χ1n) is 9.46. The highest BCUT2D eigenvalue weighted by Crippen LogP contribution is 2.34. The second-order valence-corrected chi connectivity index (χ2v) is 8.49. The van der Waals surface area contributed by atoms with E-state index in [-0.39, 0.29) is 5.70 Å². The molecule has 11 heteroatoms. The zero-order chi connectivity index (χ0) is 24.5. The zero-order valence-electron chi connectivity index (χ0n) is 17.5. The number of rotatable bonds is 5. The summed E-state index contributed by atoms with van der Waals surface area (Å²) in [6, 6.07) is 6.54. The maximum absolute atomic E-state index is 14.2. The van der Waals surface area contributed by atoms with Crippen molar-refractivity contribution < 1.29 is 31.5 Å². The molecule has 1 unspecified atom stereocenters. The van der Waals surface area contributed by atoms with Gasteiger partial charge in [-0.15, -0.1) is 0 Å². The smallest absolute Gasteiger partial charge is 0.345 e. The molecule has 0 fully saturated rings. The molecule has 0 amide bonds. The van der Waals surface area contributed by atoms with Crippen LogP contribution in [0, 0.1) is 34.5 Å². The first kappa shape index (κ1) is 24.4. The Hall–Kier alpha value is -3.27. The molecule has 1 heterocycles. The van der Waals surface area contributed by atoms with Crippen molar-refractivity contribution >= 4 is 29.3 Å². The number of hydrogen-bond acceptors (Lipinski definition) is 4. The lowest BCUT2D eigenvalue weighted by Gasteiger charge is -2.32. The highest BCUT2D eigenvalue weighted by molar-refractivity contribution is 6.30. The van der Waals surface area contributed by atoms with E-state index < -0.39 is 52.1 Å². The number of nitrogens with zero attached hydrogens (tertiary/aromatic N) is 3. The van der Waals surface area contributed by atoms with E-state index in [1.54, 1.807) is 51.1 Å². The van der Waals surface area contributed by atoms with Crippen LogP contribution in [0.4, 0.5) is 22.0 Å². The SMILES string of the molecule is CC(C)(C)C(OC(=O)c1c(F)c(F)c(F)c(F)c1F)/C(=C\c1ccc(Cl)cc1)n1cncn1. The lowest BCUT2D eigenvalue weighted by Crippen LogP contribution is -2.35. The summed E-state index contributed by atoms with van der Waals surface area (Å²) in [4.78, 5) is 16.5. The molecule has 0 aliphatic carbocycles. The minimum absolute atomic E-state index is 0.208. The van der Waals surface area contributed by atoms with Crippen molar-refractivity contribution in [3.8, 4) is 0 Å². The van der Waals surface area contributed by atoms with Gasteiger partial charge in [0.2, 0.25) is 5.82 Å². The first-order chi connectivity index (χ1) is 15.4. The van der Waals surface area contributed by atoms with Crippen molar-refractivity contribution in [2.75, 3.05) is 0 Å². The van der Waals surface area contributed by atoms with E-state index in [1.165, 1.54) is 17.3 Å². The van der Waals surface area contributed by atoms with Crippen LogP contribution in [0.1, 0.15) is 36.7 Å². The third-order valence-corrected chi connectivity index (χ3v) is 4.81. The fraction of sp³-hybridized carbons (Fsp3) is 0.227. The van der Waals surface area contributed by atoms with Gasteiger partial charge in [0, 0.05) is 10.4 Å². The van der Waals surface area contributed by atoms with Gasteiger partial charge in [0.15, 0.2) is 23.3 Å². The average molecular weight is 486 g/mol. The quantitative estimate of drug-likeness (QED) is 0.195. The van der Waals surface area contributed by atoms with Crippen molar-refractivity contribution in [2.24, 2.45) is 5.41 Å². The highest BCUT2D eigenvalue weighted by Gasteiger charge is 2.37. The molecular weight excluding hydrogens is 469 g/mol. The summed E-state index contributed by atoms with van der Waals surface area (Å²) in [6.45, 7) is 4.95. The van der Waals surface area contributed by atoms with Crippen LogP contribution in [0.25, 0.3) is 11.8 Å². The number of hydrogen-bond donors (Lipinski definition) is 0. The van der Waals surface area contributed by atoms with Crippen molar-refractivity contribution in [1.82, 2.24) is 14.8 Å². The van der Waals surface area contributed by atoms with Crippen LogP contribution in [0.2, 0.25) is 5.02 Å². The number of carbonyl (C=O) groups excluding carboxylic acids is 1. The molecule has 0 saturated heterocycles. The Morgan fingerprint density at radius 1 is 1.00 bits per heavy atom. The molecule has 2 aromatic carbocycles. The van der Waals surface area contributed by atoms with Crippen LogP contribution in [0.3, 0.4) is 0 Å². The summed E-state index contributed by atoms with van der Waals surface area (Å²) < 4.78 is 75.6. The van der Waals surface area contributed by atoms with Gasteiger partial charge in [-0.05, 0) is 23.8 Å². The van der Waals surface area contributed by atoms with Crippen molar-refractivity contribution in [3.05, 3.63) is 82.2 Å². The molecule has 33 heavy (non-hydrogen) atoms. The second-order valence-electron chi connectivity index (χ2n) is 8.06. The Morgan fingerprint density at radius 3 is 2.03 bits per heavy atom. The largest absolute Gasteiger partial charge is 0.452 e.